The number of amides is 1. The van der Waals surface area contributed by atoms with Gasteiger partial charge in [0.05, 0.1) is 11.0 Å². The van der Waals surface area contributed by atoms with E-state index in [2.05, 4.69) is 10.2 Å². The van der Waals surface area contributed by atoms with E-state index in [-0.39, 0.29) is 22.6 Å². The van der Waals surface area contributed by atoms with Gasteiger partial charge in [0.1, 0.15) is 0 Å². The summed E-state index contributed by atoms with van der Waals surface area (Å²) in [5.74, 6) is 0.198. The van der Waals surface area contributed by atoms with Gasteiger partial charge in [-0.2, -0.15) is 0 Å². The SMILES string of the molecule is O=C([C@H]1CCCCN1)N1CCN(c2cccc([N+](=O)[O-])c2)CC1. The summed E-state index contributed by atoms with van der Waals surface area (Å²) >= 11 is 0. The first-order valence-corrected chi connectivity index (χ1v) is 8.17. The second-order valence-electron chi connectivity index (χ2n) is 6.09. The van der Waals surface area contributed by atoms with Crippen molar-refractivity contribution in [1.82, 2.24) is 10.2 Å². The van der Waals surface area contributed by atoms with Crippen LogP contribution in [0.5, 0.6) is 0 Å². The monoisotopic (exact) mass is 318 g/mol. The topological polar surface area (TPSA) is 78.7 Å². The van der Waals surface area contributed by atoms with Crippen LogP contribution in [0, 0.1) is 10.1 Å². The predicted molar refractivity (Wildman–Crippen MR) is 87.5 cm³/mol. The molecule has 3 rings (SSSR count). The summed E-state index contributed by atoms with van der Waals surface area (Å²) in [5, 5.41) is 14.2. The van der Waals surface area contributed by atoms with Gasteiger partial charge in [0, 0.05) is 44.0 Å². The largest absolute Gasteiger partial charge is 0.368 e. The van der Waals surface area contributed by atoms with Gasteiger partial charge in [0.25, 0.3) is 5.69 Å². The number of nitro benzene ring substituents is 1. The highest BCUT2D eigenvalue weighted by Gasteiger charge is 2.28. The quantitative estimate of drug-likeness (QED) is 0.673. The number of benzene rings is 1. The molecule has 0 aromatic heterocycles. The molecule has 2 heterocycles. The first-order chi connectivity index (χ1) is 11.1. The van der Waals surface area contributed by atoms with E-state index >= 15 is 0 Å². The van der Waals surface area contributed by atoms with Crippen LogP contribution in [0.25, 0.3) is 0 Å². The van der Waals surface area contributed by atoms with Crippen molar-refractivity contribution in [2.75, 3.05) is 37.6 Å². The van der Waals surface area contributed by atoms with Crippen molar-refractivity contribution in [2.45, 2.75) is 25.3 Å². The fraction of sp³-hybridized carbons (Fsp3) is 0.562. The molecular formula is C16H22N4O3. The lowest BCUT2D eigenvalue weighted by atomic mass is 10.0. The number of rotatable bonds is 3. The molecule has 0 spiro atoms. The molecule has 7 heteroatoms. The summed E-state index contributed by atoms with van der Waals surface area (Å²) in [4.78, 5) is 27.0. The summed E-state index contributed by atoms with van der Waals surface area (Å²) in [7, 11) is 0. The third-order valence-electron chi connectivity index (χ3n) is 4.61. The highest BCUT2D eigenvalue weighted by Crippen LogP contribution is 2.22. The molecule has 23 heavy (non-hydrogen) atoms. The van der Waals surface area contributed by atoms with Gasteiger partial charge in [-0.15, -0.1) is 0 Å². The third-order valence-corrected chi connectivity index (χ3v) is 4.61. The minimum atomic E-state index is -0.377. The number of nitro groups is 1. The molecule has 1 amide bonds. The van der Waals surface area contributed by atoms with E-state index in [9.17, 15) is 14.9 Å². The molecule has 7 nitrogen and oxygen atoms in total. The molecular weight excluding hydrogens is 296 g/mol. The number of piperazine rings is 1. The Morgan fingerprint density at radius 3 is 2.65 bits per heavy atom. The van der Waals surface area contributed by atoms with Crippen molar-refractivity contribution in [3.05, 3.63) is 34.4 Å². The van der Waals surface area contributed by atoms with Crippen molar-refractivity contribution in [3.8, 4) is 0 Å². The number of carbonyl (C=O) groups excluding carboxylic acids is 1. The molecule has 2 saturated heterocycles. The lowest BCUT2D eigenvalue weighted by molar-refractivity contribution is -0.384. The molecule has 0 unspecified atom stereocenters. The molecule has 1 N–H and O–H groups in total. The number of piperidine rings is 1. The van der Waals surface area contributed by atoms with Gasteiger partial charge in [-0.3, -0.25) is 14.9 Å². The van der Waals surface area contributed by atoms with Crippen molar-refractivity contribution in [1.29, 1.82) is 0 Å². The molecule has 1 atom stereocenters. The molecule has 0 radical (unpaired) electrons. The number of carbonyl (C=O) groups is 1. The Balaban J connectivity index is 1.58. The van der Waals surface area contributed by atoms with Crippen LogP contribution in [0.15, 0.2) is 24.3 Å². The summed E-state index contributed by atoms with van der Waals surface area (Å²) in [6.07, 6.45) is 3.17. The zero-order chi connectivity index (χ0) is 16.2. The maximum atomic E-state index is 12.5. The van der Waals surface area contributed by atoms with Crippen molar-refractivity contribution in [2.24, 2.45) is 0 Å². The van der Waals surface area contributed by atoms with E-state index in [4.69, 9.17) is 0 Å². The van der Waals surface area contributed by atoms with E-state index in [1.54, 1.807) is 12.1 Å². The smallest absolute Gasteiger partial charge is 0.271 e. The maximum absolute atomic E-state index is 12.5. The van der Waals surface area contributed by atoms with Crippen LogP contribution in [0.4, 0.5) is 11.4 Å². The molecule has 2 aliphatic rings. The number of nitrogens with one attached hydrogen (secondary N) is 1. The third kappa shape index (κ3) is 3.61. The first-order valence-electron chi connectivity index (χ1n) is 8.17. The van der Waals surface area contributed by atoms with E-state index in [0.29, 0.717) is 26.2 Å². The molecule has 0 saturated carbocycles. The van der Waals surface area contributed by atoms with Gasteiger partial charge in [-0.1, -0.05) is 12.5 Å². The highest BCUT2D eigenvalue weighted by molar-refractivity contribution is 5.82. The average Bonchev–Trinajstić information content (AvgIpc) is 2.62. The number of hydrogen-bond acceptors (Lipinski definition) is 5. The Morgan fingerprint density at radius 1 is 1.22 bits per heavy atom. The normalized spacial score (nSPS) is 22.0. The van der Waals surface area contributed by atoms with E-state index < -0.39 is 0 Å². The van der Waals surface area contributed by atoms with Crippen LogP contribution >= 0.6 is 0 Å². The minimum absolute atomic E-state index is 0.0342. The fourth-order valence-electron chi connectivity index (χ4n) is 3.27. The van der Waals surface area contributed by atoms with Crippen LogP contribution in [0.1, 0.15) is 19.3 Å². The zero-order valence-corrected chi connectivity index (χ0v) is 13.1. The Morgan fingerprint density at radius 2 is 2.00 bits per heavy atom. The highest BCUT2D eigenvalue weighted by atomic mass is 16.6. The second kappa shape index (κ2) is 6.95. The molecule has 1 aromatic carbocycles. The van der Waals surface area contributed by atoms with Gasteiger partial charge >= 0.3 is 0 Å². The van der Waals surface area contributed by atoms with Crippen molar-refractivity contribution in [3.63, 3.8) is 0 Å². The van der Waals surface area contributed by atoms with Gasteiger partial charge in [-0.25, -0.2) is 0 Å². The minimum Gasteiger partial charge on any atom is -0.368 e. The van der Waals surface area contributed by atoms with Crippen LogP contribution in [-0.4, -0.2) is 54.5 Å². The lowest BCUT2D eigenvalue weighted by Crippen LogP contribution is -2.55. The number of nitrogens with zero attached hydrogens (tertiary/aromatic N) is 3. The first kappa shape index (κ1) is 15.7. The van der Waals surface area contributed by atoms with Gasteiger partial charge < -0.3 is 15.1 Å². The number of non-ortho nitro benzene ring substituents is 1. The van der Waals surface area contributed by atoms with E-state index in [0.717, 1.165) is 31.5 Å². The number of anilines is 1. The van der Waals surface area contributed by atoms with Crippen molar-refractivity contribution < 1.29 is 9.72 Å². The molecule has 2 aliphatic heterocycles. The van der Waals surface area contributed by atoms with Crippen molar-refractivity contribution >= 4 is 17.3 Å². The number of hydrogen-bond donors (Lipinski definition) is 1. The Bertz CT molecular complexity index is 578. The van der Waals surface area contributed by atoms with Gasteiger partial charge in [-0.05, 0) is 25.5 Å². The Labute approximate surface area is 135 Å². The fourth-order valence-corrected chi connectivity index (χ4v) is 3.27. The van der Waals surface area contributed by atoms with Gasteiger partial charge in [0.2, 0.25) is 5.91 Å². The van der Waals surface area contributed by atoms with Crippen LogP contribution in [0.2, 0.25) is 0 Å². The second-order valence-corrected chi connectivity index (χ2v) is 6.09. The molecule has 1 aromatic rings. The standard InChI is InChI=1S/C16H22N4O3/c21-16(15-6-1-2-7-17-15)19-10-8-18(9-11-19)13-4-3-5-14(12-13)20(22)23/h3-5,12,15,17H,1-2,6-11H2/t15-/m1/s1. The maximum Gasteiger partial charge on any atom is 0.271 e. The zero-order valence-electron chi connectivity index (χ0n) is 13.1. The van der Waals surface area contributed by atoms with E-state index in [1.165, 1.54) is 6.07 Å². The average molecular weight is 318 g/mol. The molecule has 0 bridgehead atoms. The van der Waals surface area contributed by atoms with Crippen LogP contribution < -0.4 is 10.2 Å². The van der Waals surface area contributed by atoms with Crippen LogP contribution in [-0.2, 0) is 4.79 Å². The summed E-state index contributed by atoms with van der Waals surface area (Å²) < 4.78 is 0. The molecule has 124 valence electrons. The summed E-state index contributed by atoms with van der Waals surface area (Å²) in [5.41, 5.74) is 0.953. The summed E-state index contributed by atoms with van der Waals surface area (Å²) in [6, 6.07) is 6.65. The molecule has 0 aliphatic carbocycles. The van der Waals surface area contributed by atoms with Gasteiger partial charge in [0.15, 0.2) is 0 Å². The Hall–Kier alpha value is -2.15. The summed E-state index contributed by atoms with van der Waals surface area (Å²) in [6.45, 7) is 3.67. The Kier molecular flexibility index (Phi) is 4.76. The predicted octanol–water partition coefficient (Wildman–Crippen LogP) is 1.39. The van der Waals surface area contributed by atoms with Crippen LogP contribution in [0.3, 0.4) is 0 Å². The molecule has 2 fully saturated rings. The lowest BCUT2D eigenvalue weighted by Gasteiger charge is -2.38. The van der Waals surface area contributed by atoms with E-state index in [1.807, 2.05) is 11.0 Å².